The van der Waals surface area contributed by atoms with Crippen LogP contribution in [0.2, 0.25) is 0 Å². The number of aromatic nitrogens is 1. The lowest BCUT2D eigenvalue weighted by atomic mass is 10.2. The molecule has 0 unspecified atom stereocenters. The second-order valence-corrected chi connectivity index (χ2v) is 3.55. The first-order valence-corrected chi connectivity index (χ1v) is 5.17. The highest BCUT2D eigenvalue weighted by Gasteiger charge is 2.24. The molecule has 0 aromatic rings. The first-order chi connectivity index (χ1) is 7.63. The van der Waals surface area contributed by atoms with Crippen molar-refractivity contribution in [1.82, 2.24) is 4.98 Å². The summed E-state index contributed by atoms with van der Waals surface area (Å²) in [6.07, 6.45) is 0. The van der Waals surface area contributed by atoms with Crippen molar-refractivity contribution < 1.29 is 13.9 Å². The number of esters is 1. The molecular weight excluding hydrogens is 206 g/mol. The van der Waals surface area contributed by atoms with E-state index in [1.54, 1.807) is 13.8 Å². The molecule has 4 nitrogen and oxygen atoms in total. The van der Waals surface area contributed by atoms with Gasteiger partial charge in [-0.25, -0.2) is 9.78 Å². The van der Waals surface area contributed by atoms with Gasteiger partial charge in [0.1, 0.15) is 17.0 Å². The first-order valence-electron chi connectivity index (χ1n) is 5.17. The lowest BCUT2D eigenvalue weighted by molar-refractivity contribution is 0.0525. The fraction of sp³-hybridized carbons (Fsp3) is 0.333. The average Bonchev–Trinajstić information content (AvgIpc) is 2.53. The van der Waals surface area contributed by atoms with Crippen LogP contribution in [0.25, 0.3) is 11.5 Å². The number of carbonyl (C=O) groups is 1. The Balaban J connectivity index is 2.56. The zero-order chi connectivity index (χ0) is 11.7. The number of ether oxygens (including phenoxy) is 1. The molecule has 0 amide bonds. The van der Waals surface area contributed by atoms with Crippen LogP contribution < -0.4 is 0 Å². The summed E-state index contributed by atoms with van der Waals surface area (Å²) < 4.78 is 10.5. The summed E-state index contributed by atoms with van der Waals surface area (Å²) in [7, 11) is 0. The zero-order valence-corrected chi connectivity index (χ0v) is 9.53. The minimum Gasteiger partial charge on any atom is -0.462 e. The van der Waals surface area contributed by atoms with E-state index >= 15 is 0 Å². The number of rotatable bonds is 2. The van der Waals surface area contributed by atoms with Gasteiger partial charge in [-0.3, -0.25) is 0 Å². The smallest absolute Gasteiger partial charge is 0.343 e. The normalized spacial score (nSPS) is 10.7. The predicted octanol–water partition coefficient (Wildman–Crippen LogP) is 2.57. The molecule has 2 aliphatic rings. The molecule has 0 saturated heterocycles. The Morgan fingerprint density at radius 2 is 2.19 bits per heavy atom. The van der Waals surface area contributed by atoms with Crippen LogP contribution in [0.5, 0.6) is 0 Å². The van der Waals surface area contributed by atoms with E-state index in [2.05, 4.69) is 4.98 Å². The quantitative estimate of drug-likeness (QED) is 0.728. The van der Waals surface area contributed by atoms with Gasteiger partial charge in [0.25, 0.3) is 0 Å². The van der Waals surface area contributed by atoms with Crippen molar-refractivity contribution in [2.75, 3.05) is 6.61 Å². The van der Waals surface area contributed by atoms with Crippen molar-refractivity contribution >= 4 is 5.97 Å². The van der Waals surface area contributed by atoms with Gasteiger partial charge in [0, 0.05) is 0 Å². The second-order valence-electron chi connectivity index (χ2n) is 3.55. The molecule has 0 spiro atoms. The molecule has 0 aromatic heterocycles. The Labute approximate surface area is 93.6 Å². The number of carbonyl (C=O) groups excluding carboxylic acids is 1. The van der Waals surface area contributed by atoms with E-state index in [-0.39, 0.29) is 5.97 Å². The summed E-state index contributed by atoms with van der Waals surface area (Å²) in [6, 6.07) is 3.66. The SMILES string of the molecule is CCOC(=O)c1c(C)nc2ccc(C)oc1-2. The van der Waals surface area contributed by atoms with Gasteiger partial charge in [0.05, 0.1) is 12.3 Å². The van der Waals surface area contributed by atoms with E-state index in [1.807, 2.05) is 19.1 Å². The van der Waals surface area contributed by atoms with E-state index in [0.29, 0.717) is 29.3 Å². The molecule has 0 fully saturated rings. The third-order valence-electron chi connectivity index (χ3n) is 2.33. The molecule has 16 heavy (non-hydrogen) atoms. The summed E-state index contributed by atoms with van der Waals surface area (Å²) in [4.78, 5) is 16.0. The number of aryl methyl sites for hydroxylation is 2. The van der Waals surface area contributed by atoms with Gasteiger partial charge in [-0.1, -0.05) is 0 Å². The molecule has 2 heterocycles. The number of fused-ring (bicyclic) bond motifs is 1. The van der Waals surface area contributed by atoms with Crippen LogP contribution >= 0.6 is 0 Å². The lowest BCUT2D eigenvalue weighted by Crippen LogP contribution is -2.06. The van der Waals surface area contributed by atoms with E-state index in [0.717, 1.165) is 5.76 Å². The molecule has 0 radical (unpaired) electrons. The fourth-order valence-electron chi connectivity index (χ4n) is 1.63. The maximum Gasteiger partial charge on any atom is 0.343 e. The number of hydrogen-bond acceptors (Lipinski definition) is 4. The van der Waals surface area contributed by atoms with Crippen molar-refractivity contribution in [3.63, 3.8) is 0 Å². The molecule has 0 atom stereocenters. The van der Waals surface area contributed by atoms with E-state index < -0.39 is 0 Å². The van der Waals surface area contributed by atoms with Crippen LogP contribution in [0.1, 0.15) is 28.7 Å². The monoisotopic (exact) mass is 219 g/mol. The van der Waals surface area contributed by atoms with Crippen molar-refractivity contribution in [2.24, 2.45) is 0 Å². The Morgan fingerprint density at radius 1 is 1.44 bits per heavy atom. The van der Waals surface area contributed by atoms with Gasteiger partial charge in [-0.15, -0.1) is 0 Å². The molecule has 0 N–H and O–H groups in total. The van der Waals surface area contributed by atoms with Crippen LogP contribution in [-0.4, -0.2) is 17.6 Å². The summed E-state index contributed by atoms with van der Waals surface area (Å²) >= 11 is 0. The van der Waals surface area contributed by atoms with Gasteiger partial charge in [0.15, 0.2) is 5.76 Å². The van der Waals surface area contributed by atoms with E-state index in [1.165, 1.54) is 0 Å². The third-order valence-corrected chi connectivity index (χ3v) is 2.33. The van der Waals surface area contributed by atoms with E-state index in [9.17, 15) is 4.79 Å². The Hall–Kier alpha value is -1.84. The van der Waals surface area contributed by atoms with Crippen molar-refractivity contribution in [2.45, 2.75) is 20.8 Å². The van der Waals surface area contributed by atoms with Crippen LogP contribution in [0.3, 0.4) is 0 Å². The topological polar surface area (TPSA) is 52.3 Å². The van der Waals surface area contributed by atoms with Gasteiger partial charge in [-0.2, -0.15) is 0 Å². The third kappa shape index (κ3) is 1.66. The molecule has 84 valence electrons. The Bertz CT molecular complexity index is 501. The van der Waals surface area contributed by atoms with Crippen molar-refractivity contribution in [1.29, 1.82) is 0 Å². The highest BCUT2D eigenvalue weighted by Crippen LogP contribution is 2.29. The first kappa shape index (κ1) is 10.7. The van der Waals surface area contributed by atoms with Gasteiger partial charge in [-0.05, 0) is 32.9 Å². The van der Waals surface area contributed by atoms with E-state index in [4.69, 9.17) is 9.15 Å². The lowest BCUT2D eigenvalue weighted by Gasteiger charge is -2.03. The molecule has 0 aliphatic carbocycles. The highest BCUT2D eigenvalue weighted by atomic mass is 16.5. The van der Waals surface area contributed by atoms with Crippen molar-refractivity contribution in [3.8, 4) is 11.5 Å². The van der Waals surface area contributed by atoms with Crippen LogP contribution in [0.4, 0.5) is 0 Å². The van der Waals surface area contributed by atoms with Gasteiger partial charge in [0.2, 0.25) is 0 Å². The summed E-state index contributed by atoms with van der Waals surface area (Å²) in [6.45, 7) is 5.72. The minimum atomic E-state index is -0.378. The standard InChI is InChI=1S/C12H13NO3/c1-4-15-12(14)10-8(3)13-9-6-5-7(2)16-11(9)10/h5-6H,4H2,1-3H3. The molecule has 2 rings (SSSR count). The van der Waals surface area contributed by atoms with Crippen molar-refractivity contribution in [3.05, 3.63) is 29.2 Å². The maximum absolute atomic E-state index is 11.7. The Kier molecular flexibility index (Phi) is 2.64. The molecule has 0 aromatic carbocycles. The molecule has 0 bridgehead atoms. The number of hydrogen-bond donors (Lipinski definition) is 0. The highest BCUT2D eigenvalue weighted by molar-refractivity contribution is 5.97. The predicted molar refractivity (Wildman–Crippen MR) is 58.6 cm³/mol. The van der Waals surface area contributed by atoms with Gasteiger partial charge < -0.3 is 9.15 Å². The second kappa shape index (κ2) is 3.96. The summed E-state index contributed by atoms with van der Waals surface area (Å²) in [5.74, 6) is 0.873. The zero-order valence-electron chi connectivity index (χ0n) is 9.53. The largest absolute Gasteiger partial charge is 0.462 e. The molecule has 0 saturated carbocycles. The van der Waals surface area contributed by atoms with Crippen LogP contribution in [0, 0.1) is 13.8 Å². The maximum atomic E-state index is 11.7. The van der Waals surface area contributed by atoms with Crippen LogP contribution in [-0.2, 0) is 4.74 Å². The number of nitrogens with zero attached hydrogens (tertiary/aromatic N) is 1. The molecule has 4 heteroatoms. The van der Waals surface area contributed by atoms with Crippen LogP contribution in [0.15, 0.2) is 16.5 Å². The molecular formula is C12H13NO3. The Morgan fingerprint density at radius 3 is 2.88 bits per heavy atom. The minimum absolute atomic E-state index is 0.344. The van der Waals surface area contributed by atoms with Gasteiger partial charge >= 0.3 is 5.97 Å². The molecule has 2 aliphatic heterocycles. The summed E-state index contributed by atoms with van der Waals surface area (Å²) in [5.41, 5.74) is 1.76. The summed E-state index contributed by atoms with van der Waals surface area (Å²) in [5, 5.41) is 0. The average molecular weight is 219 g/mol. The fourth-order valence-corrected chi connectivity index (χ4v) is 1.63.